The van der Waals surface area contributed by atoms with Gasteiger partial charge in [-0.3, -0.25) is 9.59 Å². The number of fused-ring (bicyclic) bond motifs is 2. The molecule has 2 aromatic carbocycles. The lowest BCUT2D eigenvalue weighted by atomic mass is 9.81. The number of halogens is 1. The third kappa shape index (κ3) is 2.29. The summed E-state index contributed by atoms with van der Waals surface area (Å²) in [7, 11) is 3.35. The maximum absolute atomic E-state index is 13.1. The summed E-state index contributed by atoms with van der Waals surface area (Å²) in [4.78, 5) is 29.1. The van der Waals surface area contributed by atoms with Crippen LogP contribution < -0.4 is 9.64 Å². The van der Waals surface area contributed by atoms with Gasteiger partial charge in [-0.15, -0.1) is 0 Å². The fourth-order valence-corrected chi connectivity index (χ4v) is 4.02. The van der Waals surface area contributed by atoms with Crippen LogP contribution >= 0.6 is 0 Å². The molecule has 134 valence electrons. The van der Waals surface area contributed by atoms with Crippen LogP contribution in [0.3, 0.4) is 0 Å². The summed E-state index contributed by atoms with van der Waals surface area (Å²) in [5.74, 6) is 0.117. The Balaban J connectivity index is 1.68. The van der Waals surface area contributed by atoms with Crippen LogP contribution in [0.1, 0.15) is 22.3 Å². The highest BCUT2D eigenvalue weighted by atomic mass is 19.1. The maximum Gasteiger partial charge on any atom is 0.253 e. The normalized spacial score (nSPS) is 21.4. The van der Waals surface area contributed by atoms with Crippen molar-refractivity contribution in [1.29, 1.82) is 0 Å². The standard InChI is InChI=1S/C20H19FN2O3/c1-22-17-8-7-15(26-2)11-16(17)20(19(22)25)9-10-23(12-20)18(24)13-3-5-14(21)6-4-13/h3-8,11H,9-10,12H2,1-2H3/t20-/m0/s1. The van der Waals surface area contributed by atoms with Gasteiger partial charge in [0, 0.05) is 31.4 Å². The van der Waals surface area contributed by atoms with Crippen molar-refractivity contribution in [3.8, 4) is 5.75 Å². The second-order valence-corrected chi connectivity index (χ2v) is 6.81. The van der Waals surface area contributed by atoms with Crippen molar-refractivity contribution in [2.45, 2.75) is 11.8 Å². The van der Waals surface area contributed by atoms with Crippen molar-refractivity contribution in [2.75, 3.05) is 32.1 Å². The lowest BCUT2D eigenvalue weighted by Gasteiger charge is -2.23. The van der Waals surface area contributed by atoms with E-state index < -0.39 is 5.41 Å². The Kier molecular flexibility index (Phi) is 3.72. The molecule has 1 spiro atoms. The van der Waals surface area contributed by atoms with Crippen molar-refractivity contribution < 1.29 is 18.7 Å². The fourth-order valence-electron chi connectivity index (χ4n) is 4.02. The van der Waals surface area contributed by atoms with Gasteiger partial charge in [-0.05, 0) is 54.4 Å². The van der Waals surface area contributed by atoms with Gasteiger partial charge >= 0.3 is 0 Å². The van der Waals surface area contributed by atoms with Crippen LogP contribution in [0, 0.1) is 5.82 Å². The first-order valence-corrected chi connectivity index (χ1v) is 8.48. The summed E-state index contributed by atoms with van der Waals surface area (Å²) >= 11 is 0. The molecular formula is C20H19FN2O3. The number of rotatable bonds is 2. The predicted molar refractivity (Wildman–Crippen MR) is 95.0 cm³/mol. The number of likely N-dealkylation sites (N-methyl/N-ethyl adjacent to an activating group) is 1. The molecule has 5 nitrogen and oxygen atoms in total. The second-order valence-electron chi connectivity index (χ2n) is 6.81. The number of hydrogen-bond donors (Lipinski definition) is 0. The number of carbonyl (C=O) groups is 2. The number of likely N-dealkylation sites (tertiary alicyclic amines) is 1. The van der Waals surface area contributed by atoms with E-state index in [0.29, 0.717) is 30.8 Å². The van der Waals surface area contributed by atoms with Gasteiger partial charge in [0.1, 0.15) is 11.6 Å². The average molecular weight is 354 g/mol. The molecule has 0 radical (unpaired) electrons. The predicted octanol–water partition coefficient (Wildman–Crippen LogP) is 2.59. The summed E-state index contributed by atoms with van der Waals surface area (Å²) in [6, 6.07) is 11.1. The van der Waals surface area contributed by atoms with Crippen LogP contribution in [0.25, 0.3) is 0 Å². The van der Waals surface area contributed by atoms with Crippen LogP contribution in [-0.4, -0.2) is 44.0 Å². The Morgan fingerprint density at radius 3 is 2.62 bits per heavy atom. The lowest BCUT2D eigenvalue weighted by molar-refractivity contribution is -0.122. The first kappa shape index (κ1) is 16.6. The monoisotopic (exact) mass is 354 g/mol. The molecule has 2 amide bonds. The zero-order chi connectivity index (χ0) is 18.5. The van der Waals surface area contributed by atoms with E-state index in [1.165, 1.54) is 24.3 Å². The number of carbonyl (C=O) groups excluding carboxylic acids is 2. The molecule has 6 heteroatoms. The van der Waals surface area contributed by atoms with Gasteiger partial charge in [-0.25, -0.2) is 4.39 Å². The smallest absolute Gasteiger partial charge is 0.253 e. The second kappa shape index (κ2) is 5.83. The quantitative estimate of drug-likeness (QED) is 0.833. The lowest BCUT2D eigenvalue weighted by Crippen LogP contribution is -2.42. The van der Waals surface area contributed by atoms with E-state index in [0.717, 1.165) is 11.3 Å². The summed E-state index contributed by atoms with van der Waals surface area (Å²) in [5.41, 5.74) is 1.44. The summed E-state index contributed by atoms with van der Waals surface area (Å²) in [5, 5.41) is 0. The van der Waals surface area contributed by atoms with Crippen molar-refractivity contribution in [3.63, 3.8) is 0 Å². The van der Waals surface area contributed by atoms with E-state index in [-0.39, 0.29) is 17.6 Å². The van der Waals surface area contributed by atoms with Crippen molar-refractivity contribution in [2.24, 2.45) is 0 Å². The van der Waals surface area contributed by atoms with Crippen molar-refractivity contribution in [1.82, 2.24) is 4.90 Å². The zero-order valence-corrected chi connectivity index (χ0v) is 14.7. The Morgan fingerprint density at radius 1 is 1.19 bits per heavy atom. The average Bonchev–Trinajstić information content (AvgIpc) is 3.19. The Hall–Kier alpha value is -2.89. The molecule has 0 aromatic heterocycles. The van der Waals surface area contributed by atoms with E-state index in [4.69, 9.17) is 4.74 Å². The fraction of sp³-hybridized carbons (Fsp3) is 0.300. The number of methoxy groups -OCH3 is 1. The third-order valence-corrected chi connectivity index (χ3v) is 5.44. The summed E-state index contributed by atoms with van der Waals surface area (Å²) in [6.45, 7) is 0.791. The summed E-state index contributed by atoms with van der Waals surface area (Å²) in [6.07, 6.45) is 0.559. The van der Waals surface area contributed by atoms with Crippen LogP contribution in [0.15, 0.2) is 42.5 Å². The molecule has 0 bridgehead atoms. The van der Waals surface area contributed by atoms with E-state index in [9.17, 15) is 14.0 Å². The highest BCUT2D eigenvalue weighted by Gasteiger charge is 2.54. The third-order valence-electron chi connectivity index (χ3n) is 5.44. The SMILES string of the molecule is COc1ccc2c(c1)[C@@]1(CCN(C(=O)c3ccc(F)cc3)C1)C(=O)N2C. The molecule has 2 heterocycles. The summed E-state index contributed by atoms with van der Waals surface area (Å²) < 4.78 is 18.4. The Labute approximate surface area is 151 Å². The van der Waals surface area contributed by atoms with Gasteiger partial charge < -0.3 is 14.5 Å². The number of benzene rings is 2. The molecular weight excluding hydrogens is 335 g/mol. The van der Waals surface area contributed by atoms with E-state index in [1.807, 2.05) is 18.2 Å². The highest BCUT2D eigenvalue weighted by Crippen LogP contribution is 2.48. The Bertz CT molecular complexity index is 896. The molecule has 2 aromatic rings. The first-order valence-electron chi connectivity index (χ1n) is 8.48. The van der Waals surface area contributed by atoms with E-state index >= 15 is 0 Å². The van der Waals surface area contributed by atoms with Gasteiger partial charge in [0.2, 0.25) is 5.91 Å². The molecule has 1 saturated heterocycles. The Morgan fingerprint density at radius 2 is 1.92 bits per heavy atom. The number of amides is 2. The van der Waals surface area contributed by atoms with Crippen molar-refractivity contribution >= 4 is 17.5 Å². The molecule has 0 saturated carbocycles. The molecule has 0 N–H and O–H groups in total. The number of nitrogens with zero attached hydrogens (tertiary/aromatic N) is 2. The van der Waals surface area contributed by atoms with Crippen LogP contribution in [0.2, 0.25) is 0 Å². The number of anilines is 1. The molecule has 0 unspecified atom stereocenters. The molecule has 1 atom stereocenters. The zero-order valence-electron chi connectivity index (χ0n) is 14.7. The molecule has 2 aliphatic rings. The van der Waals surface area contributed by atoms with Gasteiger partial charge in [-0.1, -0.05) is 0 Å². The minimum Gasteiger partial charge on any atom is -0.497 e. The highest BCUT2D eigenvalue weighted by molar-refractivity contribution is 6.09. The maximum atomic E-state index is 13.1. The minimum absolute atomic E-state index is 0.00448. The molecule has 1 fully saturated rings. The molecule has 26 heavy (non-hydrogen) atoms. The number of hydrogen-bond acceptors (Lipinski definition) is 3. The molecule has 4 rings (SSSR count). The van der Waals surface area contributed by atoms with Gasteiger partial charge in [0.05, 0.1) is 12.5 Å². The van der Waals surface area contributed by atoms with E-state index in [2.05, 4.69) is 0 Å². The van der Waals surface area contributed by atoms with Crippen LogP contribution in [0.4, 0.5) is 10.1 Å². The number of ether oxygens (including phenoxy) is 1. The van der Waals surface area contributed by atoms with Crippen molar-refractivity contribution in [3.05, 3.63) is 59.4 Å². The van der Waals surface area contributed by atoms with Gasteiger partial charge in [0.25, 0.3) is 5.91 Å². The topological polar surface area (TPSA) is 49.9 Å². The van der Waals surface area contributed by atoms with Crippen LogP contribution in [0.5, 0.6) is 5.75 Å². The van der Waals surface area contributed by atoms with E-state index in [1.54, 1.807) is 24.0 Å². The largest absolute Gasteiger partial charge is 0.497 e. The van der Waals surface area contributed by atoms with Gasteiger partial charge in [0.15, 0.2) is 0 Å². The molecule has 0 aliphatic carbocycles. The molecule has 2 aliphatic heterocycles. The first-order chi connectivity index (χ1) is 12.5. The minimum atomic E-state index is -0.742. The van der Waals surface area contributed by atoms with Gasteiger partial charge in [-0.2, -0.15) is 0 Å². The van der Waals surface area contributed by atoms with Crippen LogP contribution in [-0.2, 0) is 10.2 Å².